The Labute approximate surface area is 550 Å². The van der Waals surface area contributed by atoms with E-state index in [9.17, 15) is 0 Å². The molecule has 2 aliphatic carbocycles. The number of thiophene rings is 2. The third-order valence-corrected chi connectivity index (χ3v) is 24.5. The number of carbonyl (C=O) groups excluding carboxylic acids is 2. The number of unbranched alkanes of at least 4 members (excludes halogenated alkanes) is 20. The summed E-state index contributed by atoms with van der Waals surface area (Å²) >= 11 is 3.85. The van der Waals surface area contributed by atoms with Gasteiger partial charge in [0.15, 0.2) is 0 Å². The van der Waals surface area contributed by atoms with E-state index in [1.54, 1.807) is 0 Å². The number of hydrogen-bond acceptors (Lipinski definition) is 4. The summed E-state index contributed by atoms with van der Waals surface area (Å²) in [7, 11) is 0. The van der Waals surface area contributed by atoms with Crippen LogP contribution in [0.25, 0.3) is 66.0 Å². The van der Waals surface area contributed by atoms with Gasteiger partial charge in [-0.25, -0.2) is 0 Å². The maximum absolute atomic E-state index is 15.7. The van der Waals surface area contributed by atoms with Gasteiger partial charge in [0.05, 0.1) is 22.5 Å². The van der Waals surface area contributed by atoms with Crippen molar-refractivity contribution in [1.29, 1.82) is 0 Å². The summed E-state index contributed by atoms with van der Waals surface area (Å²) in [6, 6.07) is 34.0. The van der Waals surface area contributed by atoms with Gasteiger partial charge in [-0.3, -0.25) is 19.4 Å². The maximum Gasteiger partial charge on any atom is 0.265 e. The number of nitrogens with zero attached hydrogens (tertiary/aromatic N) is 2. The molecule has 6 heterocycles. The molecule has 4 aromatic carbocycles. The van der Waals surface area contributed by atoms with E-state index in [1.165, 1.54) is 216 Å². The molecule has 12 rings (SSSR count). The Kier molecular flexibility index (Phi) is 19.3. The molecular weight excluding hydrogens is 1130 g/mol. The Bertz CT molecular complexity index is 3740. The third-order valence-electron chi connectivity index (χ3n) is 21.6. The molecule has 6 aliphatic rings. The number of hydrogen-bond donors (Lipinski definition) is 0. The summed E-state index contributed by atoms with van der Waals surface area (Å²) in [5.41, 5.74) is 20.4. The highest BCUT2D eigenvalue weighted by Gasteiger charge is 2.52. The van der Waals surface area contributed by atoms with Crippen molar-refractivity contribution in [1.82, 2.24) is 9.80 Å². The first-order valence-electron chi connectivity index (χ1n) is 36.0. The third kappa shape index (κ3) is 12.0. The first-order chi connectivity index (χ1) is 43.6. The molecule has 90 heavy (non-hydrogen) atoms. The Morgan fingerprint density at radius 1 is 0.367 bits per heavy atom. The molecule has 0 unspecified atom stereocenters. The van der Waals surface area contributed by atoms with E-state index in [1.807, 2.05) is 44.9 Å². The summed E-state index contributed by atoms with van der Waals surface area (Å²) in [5, 5.41) is 0. The summed E-state index contributed by atoms with van der Waals surface area (Å²) in [6.07, 6.45) is 42.7. The van der Waals surface area contributed by atoms with Crippen LogP contribution in [-0.2, 0) is 31.2 Å². The van der Waals surface area contributed by atoms with Gasteiger partial charge in [0.2, 0.25) is 0 Å². The molecule has 0 atom stereocenters. The average Bonchev–Trinajstić information content (AvgIpc) is 1.56. The standard InChI is InChI=1S/C84H104N2O2S2/c1-11-15-19-23-27-31-45-83(46-32-28-24-20-16-12-2)67-53-59(71-39-40-72(89-71)73-41-42-74(90-73)82(8,9)10)35-37-61(67)65-51-57-43-49-85-77(63(57)55-69(65)83)75-76(80(85)88)78-64-56-70-66(52-58(64)44-50-86(78)79(75)87)62-38-36-60(81(5,6)7)54-68(62)84(70,47-33-29-25-21-17-13-3)48-34-30-26-22-18-14-4/h35-44,49-56H,11-34,45-48H2,1-10H3. The van der Waals surface area contributed by atoms with Gasteiger partial charge in [0.25, 0.3) is 11.8 Å². The molecule has 0 spiro atoms. The second-order valence-corrected chi connectivity index (χ2v) is 32.2. The minimum absolute atomic E-state index is 0.00848. The van der Waals surface area contributed by atoms with Crippen molar-refractivity contribution in [3.8, 4) is 42.4 Å². The fraction of sp³-hybridized carbons (Fsp3) is 0.500. The lowest BCUT2D eigenvalue weighted by molar-refractivity contribution is -0.122. The van der Waals surface area contributed by atoms with E-state index in [2.05, 4.69) is 166 Å². The summed E-state index contributed by atoms with van der Waals surface area (Å²) < 4.78 is 0. The Balaban J connectivity index is 0.980. The number of fused-ring (bicyclic) bond motifs is 13. The maximum atomic E-state index is 15.7. The largest absolute Gasteiger partial charge is 0.282 e. The number of rotatable bonds is 30. The van der Waals surface area contributed by atoms with Gasteiger partial charge in [-0.2, -0.15) is 0 Å². The van der Waals surface area contributed by atoms with Crippen molar-refractivity contribution in [3.63, 3.8) is 0 Å². The highest BCUT2D eigenvalue weighted by atomic mass is 32.1. The van der Waals surface area contributed by atoms with Crippen LogP contribution in [-0.4, -0.2) is 21.6 Å². The second kappa shape index (κ2) is 27.0. The first-order valence-corrected chi connectivity index (χ1v) is 37.6. The lowest BCUT2D eigenvalue weighted by Crippen LogP contribution is -2.29. The van der Waals surface area contributed by atoms with E-state index in [4.69, 9.17) is 0 Å². The minimum Gasteiger partial charge on any atom is -0.282 e. The summed E-state index contributed by atoms with van der Waals surface area (Å²) in [4.78, 5) is 40.6. The zero-order chi connectivity index (χ0) is 63.0. The molecule has 0 radical (unpaired) electrons. The van der Waals surface area contributed by atoms with Crippen molar-refractivity contribution >= 4 is 58.0 Å². The predicted molar refractivity (Wildman–Crippen MR) is 387 cm³/mol. The fourth-order valence-electron chi connectivity index (χ4n) is 16.5. The van der Waals surface area contributed by atoms with Crippen LogP contribution in [0.15, 0.2) is 108 Å². The van der Waals surface area contributed by atoms with Crippen molar-refractivity contribution < 1.29 is 9.59 Å². The Morgan fingerprint density at radius 3 is 1.19 bits per heavy atom. The van der Waals surface area contributed by atoms with Crippen LogP contribution >= 0.6 is 22.7 Å². The molecule has 4 nitrogen and oxygen atoms in total. The lowest BCUT2D eigenvalue weighted by Gasteiger charge is -2.35. The molecule has 6 aromatic rings. The zero-order valence-electron chi connectivity index (χ0n) is 56.7. The van der Waals surface area contributed by atoms with Crippen LogP contribution in [0.4, 0.5) is 0 Å². The van der Waals surface area contributed by atoms with E-state index < -0.39 is 0 Å². The summed E-state index contributed by atoms with van der Waals surface area (Å²) in [6.45, 7) is 23.3. The monoisotopic (exact) mass is 1240 g/mol. The van der Waals surface area contributed by atoms with Crippen LogP contribution < -0.4 is 0 Å². The molecule has 0 fully saturated rings. The van der Waals surface area contributed by atoms with Gasteiger partial charge >= 0.3 is 0 Å². The van der Waals surface area contributed by atoms with Gasteiger partial charge in [-0.05, 0) is 170 Å². The molecule has 474 valence electrons. The molecule has 0 N–H and O–H groups in total. The van der Waals surface area contributed by atoms with Crippen LogP contribution in [0.2, 0.25) is 0 Å². The van der Waals surface area contributed by atoms with Gasteiger partial charge in [0.1, 0.15) is 0 Å². The van der Waals surface area contributed by atoms with Crippen molar-refractivity contribution in [2.45, 2.75) is 271 Å². The van der Waals surface area contributed by atoms with Gasteiger partial charge in [-0.15, -0.1) is 22.7 Å². The zero-order valence-corrected chi connectivity index (χ0v) is 58.4. The normalized spacial score (nSPS) is 16.2. The molecule has 2 aromatic heterocycles. The molecule has 6 heteroatoms. The molecular formula is C84H104N2O2S2. The van der Waals surface area contributed by atoms with Crippen LogP contribution in [0, 0.1) is 0 Å². The minimum atomic E-state index is -0.218. The van der Waals surface area contributed by atoms with E-state index in [0.717, 1.165) is 72.2 Å². The van der Waals surface area contributed by atoms with Crippen LogP contribution in [0.1, 0.15) is 304 Å². The van der Waals surface area contributed by atoms with Gasteiger partial charge in [0, 0.05) is 53.9 Å². The number of benzene rings is 4. The van der Waals surface area contributed by atoms with Gasteiger partial charge in [-0.1, -0.05) is 254 Å². The number of amides is 2. The van der Waals surface area contributed by atoms with E-state index in [-0.39, 0.29) is 33.5 Å². The van der Waals surface area contributed by atoms with E-state index >= 15 is 9.59 Å². The Hall–Kier alpha value is -5.82. The van der Waals surface area contributed by atoms with Crippen LogP contribution in [0.5, 0.6) is 0 Å². The van der Waals surface area contributed by atoms with Crippen molar-refractivity contribution in [2.75, 3.05) is 0 Å². The molecule has 0 bridgehead atoms. The molecule has 2 amide bonds. The first kappa shape index (κ1) is 64.3. The Morgan fingerprint density at radius 2 is 0.756 bits per heavy atom. The summed E-state index contributed by atoms with van der Waals surface area (Å²) in [5.74, 6) is -0.186. The predicted octanol–water partition coefficient (Wildman–Crippen LogP) is 25.0. The average molecular weight is 1240 g/mol. The quantitative estimate of drug-likeness (QED) is 0.0422. The van der Waals surface area contributed by atoms with Crippen LogP contribution in [0.3, 0.4) is 0 Å². The second-order valence-electron chi connectivity index (χ2n) is 30.0. The number of carbonyl (C=O) groups is 2. The van der Waals surface area contributed by atoms with Crippen molar-refractivity contribution in [3.05, 3.63) is 163 Å². The molecule has 0 saturated carbocycles. The lowest BCUT2D eigenvalue weighted by atomic mass is 9.69. The topological polar surface area (TPSA) is 40.6 Å². The van der Waals surface area contributed by atoms with Gasteiger partial charge < -0.3 is 0 Å². The highest BCUT2D eigenvalue weighted by Crippen LogP contribution is 2.61. The fourth-order valence-corrected chi connectivity index (χ4v) is 18.7. The van der Waals surface area contributed by atoms with Crippen molar-refractivity contribution in [2.24, 2.45) is 0 Å². The molecule has 0 saturated heterocycles. The molecule has 4 aliphatic heterocycles. The van der Waals surface area contributed by atoms with E-state index in [0.29, 0.717) is 11.1 Å². The highest BCUT2D eigenvalue weighted by molar-refractivity contribution is 7.24. The SMILES string of the molecule is CCCCCCCCC1(CCCCCCCC)c2cc(-c3ccc(-c4ccc(C(C)(C)C)s4)s3)ccc2-c2cc3c(cc21)C1=C2C(=O)N4C=Cc5cc6c(cc5C4=C2C(=O)N1C=C3)C(CCCCCCCC)(CCCCCCCC)c1cc(C(C)(C)C)ccc1-6. The smallest absolute Gasteiger partial charge is 0.265 e.